The summed E-state index contributed by atoms with van der Waals surface area (Å²) >= 11 is 0. The Morgan fingerprint density at radius 1 is 0.707 bits per heavy atom. The molecule has 1 N–H and O–H groups in total. The Morgan fingerprint density at radius 3 is 1.39 bits per heavy atom. The molecule has 0 aliphatic heterocycles. The second-order valence-electron chi connectivity index (χ2n) is 9.40. The number of benzene rings is 3. The van der Waals surface area contributed by atoms with Gasteiger partial charge in [0.25, 0.3) is 0 Å². The Bertz CT molecular complexity index is 891. The molecule has 0 saturated carbocycles. The number of hydrogen-bond donors (Lipinski definition) is 1. The summed E-state index contributed by atoms with van der Waals surface area (Å²) in [5, 5.41) is 18.2. The van der Waals surface area contributed by atoms with E-state index in [4.69, 9.17) is 13.3 Å². The summed E-state index contributed by atoms with van der Waals surface area (Å²) in [4.78, 5) is 0. The van der Waals surface area contributed by atoms with Crippen molar-refractivity contribution in [1.82, 2.24) is 0 Å². The Morgan fingerprint density at radius 2 is 1.07 bits per heavy atom. The van der Waals surface area contributed by atoms with Crippen LogP contribution in [0.5, 0.6) is 0 Å². The zero-order valence-corrected chi connectivity index (χ0v) is 29.3. The van der Waals surface area contributed by atoms with Gasteiger partial charge < -0.3 is 31.1 Å². The van der Waals surface area contributed by atoms with Gasteiger partial charge in [0, 0.05) is 32.0 Å². The zero-order valence-electron chi connectivity index (χ0n) is 25.7. The molecule has 0 aromatic heterocycles. The molecular formula is C33H51NO4PPdSi+. The third-order valence-corrected chi connectivity index (χ3v) is 11.9. The van der Waals surface area contributed by atoms with Gasteiger partial charge in [-0.1, -0.05) is 67.9 Å². The molecule has 41 heavy (non-hydrogen) atoms. The maximum absolute atomic E-state index is 9.31. The molecule has 0 aliphatic rings. The van der Waals surface area contributed by atoms with E-state index in [2.05, 4.69) is 96.3 Å². The van der Waals surface area contributed by atoms with E-state index in [-0.39, 0.29) is 40.0 Å². The Kier molecular flexibility index (Phi) is 22.6. The van der Waals surface area contributed by atoms with Gasteiger partial charge in [-0.05, 0) is 70.5 Å². The van der Waals surface area contributed by atoms with Gasteiger partial charge in [0.1, 0.15) is 15.9 Å². The number of rotatable bonds is 16. The number of aliphatic hydroxyl groups excluding tert-OH is 1. The van der Waals surface area contributed by atoms with Gasteiger partial charge >= 0.3 is 29.2 Å². The molecule has 3 aromatic rings. The molecule has 0 amide bonds. The van der Waals surface area contributed by atoms with Crippen molar-refractivity contribution in [2.24, 2.45) is 0 Å². The van der Waals surface area contributed by atoms with Crippen LogP contribution in [0.1, 0.15) is 47.5 Å². The molecule has 0 bridgehead atoms. The topological polar surface area (TPSA) is 62.0 Å². The largest absolute Gasteiger partial charge is 2.00 e. The molecule has 3 aromatic carbocycles. The van der Waals surface area contributed by atoms with E-state index in [1.54, 1.807) is 6.92 Å². The van der Waals surface area contributed by atoms with Gasteiger partial charge in [-0.15, -0.1) is 12.6 Å². The predicted molar refractivity (Wildman–Crippen MR) is 177 cm³/mol. The van der Waals surface area contributed by atoms with Crippen molar-refractivity contribution in [3.05, 3.63) is 104 Å². The average Bonchev–Trinajstić information content (AvgIpc) is 2.94. The van der Waals surface area contributed by atoms with Gasteiger partial charge in [-0.25, -0.2) is 0 Å². The van der Waals surface area contributed by atoms with Crippen LogP contribution in [0.25, 0.3) is 5.32 Å². The minimum Gasteiger partial charge on any atom is -0.660 e. The predicted octanol–water partition coefficient (Wildman–Crippen LogP) is 6.58. The summed E-state index contributed by atoms with van der Waals surface area (Å²) in [6.45, 7) is 12.3. The van der Waals surface area contributed by atoms with Crippen LogP contribution in [0.15, 0.2) is 91.0 Å². The van der Waals surface area contributed by atoms with Crippen LogP contribution < -0.4 is 15.9 Å². The van der Waals surface area contributed by atoms with Crippen LogP contribution in [0.2, 0.25) is 6.04 Å². The quantitative estimate of drug-likeness (QED) is 0.0799. The van der Waals surface area contributed by atoms with Crippen molar-refractivity contribution in [3.63, 3.8) is 0 Å². The van der Waals surface area contributed by atoms with Crippen molar-refractivity contribution in [1.29, 1.82) is 0 Å². The number of nitrogens with zero attached hydrogens (tertiary/aromatic N) is 1. The van der Waals surface area contributed by atoms with Crippen molar-refractivity contribution in [2.75, 3.05) is 26.4 Å². The standard InChI is InChI=1S/C18H15P.C14H32NO4Si.CH3.Pd/c1-4-10-16(11-5-1)19(17-12-6-2-7-13-17)18-14-8-3-9-15-18;1-6-17-20(18-7-2,19-8-3)11-9-10-15-13(4)12-14(5)16;;/h1-15H;13-14,16H,6-12H2,1-5H3;1H3;/q;2*-1;+2/p+1. The molecule has 5 nitrogen and oxygen atoms in total. The Labute approximate surface area is 266 Å². The monoisotopic (exact) mass is 690 g/mol. The third kappa shape index (κ3) is 15.2. The summed E-state index contributed by atoms with van der Waals surface area (Å²) in [6, 6.07) is 33.5. The second kappa shape index (κ2) is 23.3. The molecule has 3 rings (SSSR count). The van der Waals surface area contributed by atoms with E-state index in [9.17, 15) is 5.11 Å². The summed E-state index contributed by atoms with van der Waals surface area (Å²) < 4.78 is 17.4. The van der Waals surface area contributed by atoms with Crippen molar-refractivity contribution in [2.45, 2.75) is 65.7 Å². The van der Waals surface area contributed by atoms with Gasteiger partial charge in [0.15, 0.2) is 0 Å². The number of hydrogen-bond acceptors (Lipinski definition) is 4. The van der Waals surface area contributed by atoms with Gasteiger partial charge in [-0.2, -0.15) is 0 Å². The molecule has 2 atom stereocenters. The first kappa shape index (κ1) is 39.8. The average molecular weight is 691 g/mol. The van der Waals surface area contributed by atoms with Crippen LogP contribution in [0.4, 0.5) is 0 Å². The summed E-state index contributed by atoms with van der Waals surface area (Å²) in [7, 11) is -3.39. The van der Waals surface area contributed by atoms with Crippen molar-refractivity contribution >= 4 is 32.6 Å². The van der Waals surface area contributed by atoms with Crippen LogP contribution >= 0.6 is 7.92 Å². The molecule has 230 valence electrons. The smallest absolute Gasteiger partial charge is 0.660 e. The van der Waals surface area contributed by atoms with E-state index < -0.39 is 16.7 Å². The van der Waals surface area contributed by atoms with E-state index in [1.807, 2.05) is 27.7 Å². The van der Waals surface area contributed by atoms with E-state index in [0.29, 0.717) is 26.2 Å². The summed E-state index contributed by atoms with van der Waals surface area (Å²) in [6.07, 6.45) is 1.32. The fraction of sp³-hybridized carbons (Fsp3) is 0.424. The molecule has 0 spiro atoms. The molecule has 2 unspecified atom stereocenters. The normalized spacial score (nSPS) is 12.4. The molecular weight excluding hydrogens is 640 g/mol. The first-order valence-corrected chi connectivity index (χ1v) is 17.7. The van der Waals surface area contributed by atoms with Gasteiger partial charge in [0.05, 0.1) is 7.92 Å². The second-order valence-corrected chi connectivity index (χ2v) is 14.6. The summed E-state index contributed by atoms with van der Waals surface area (Å²) in [5.74, 6) is 0. The Hall–Kier alpha value is -1.23. The Balaban J connectivity index is 0.000000744. The van der Waals surface area contributed by atoms with Crippen LogP contribution in [-0.2, 0) is 33.7 Å². The van der Waals surface area contributed by atoms with E-state index in [0.717, 1.165) is 19.0 Å². The molecule has 8 heteroatoms. The van der Waals surface area contributed by atoms with E-state index >= 15 is 0 Å². The molecule has 0 fully saturated rings. The molecule has 0 heterocycles. The maximum Gasteiger partial charge on any atom is 2.00 e. The van der Waals surface area contributed by atoms with Crippen molar-refractivity contribution < 1.29 is 38.8 Å². The van der Waals surface area contributed by atoms with E-state index in [1.165, 1.54) is 15.9 Å². The third-order valence-electron chi connectivity index (χ3n) is 6.04. The van der Waals surface area contributed by atoms with Crippen LogP contribution in [0, 0.1) is 7.43 Å². The minimum atomic E-state index is -2.51. The van der Waals surface area contributed by atoms with Crippen LogP contribution in [-0.4, -0.2) is 52.4 Å². The number of aliphatic hydroxyl groups is 1. The summed E-state index contributed by atoms with van der Waals surface area (Å²) in [5.41, 5.74) is 0. The van der Waals surface area contributed by atoms with Gasteiger partial charge in [0.2, 0.25) is 0 Å². The molecule has 0 aliphatic carbocycles. The van der Waals surface area contributed by atoms with Crippen molar-refractivity contribution in [3.8, 4) is 0 Å². The fourth-order valence-electron chi connectivity index (χ4n) is 4.49. The molecule has 0 radical (unpaired) electrons. The van der Waals surface area contributed by atoms with Gasteiger partial charge in [-0.3, -0.25) is 0 Å². The molecule has 0 saturated heterocycles. The fourth-order valence-corrected chi connectivity index (χ4v) is 9.66. The first-order valence-electron chi connectivity index (χ1n) is 14.2. The SMILES string of the molecule is CCO[Si](CCC[N-]C(C)CC(C)O)(OCC)OCC.[CH3-].[Pd+2].c1ccc([PH+](c2ccccc2)c2ccccc2)cc1. The first-order chi connectivity index (χ1) is 18.9. The van der Waals surface area contributed by atoms with Crippen LogP contribution in [0.3, 0.4) is 0 Å². The zero-order chi connectivity index (χ0) is 28.3. The maximum atomic E-state index is 9.31. The minimum absolute atomic E-state index is 0.